The highest BCUT2D eigenvalue weighted by atomic mass is 32.2. The third-order valence-corrected chi connectivity index (χ3v) is 8.08. The Morgan fingerprint density at radius 3 is 2.44 bits per heavy atom. The van der Waals surface area contributed by atoms with Gasteiger partial charge in [0, 0.05) is 46.8 Å². The van der Waals surface area contributed by atoms with Crippen molar-refractivity contribution in [1.29, 1.82) is 0 Å². The molecule has 0 saturated carbocycles. The Bertz CT molecular complexity index is 2010. The van der Waals surface area contributed by atoms with E-state index in [0.29, 0.717) is 39.1 Å². The van der Waals surface area contributed by atoms with E-state index in [1.165, 1.54) is 31.3 Å². The zero-order valence-electron chi connectivity index (χ0n) is 22.1. The van der Waals surface area contributed by atoms with Crippen molar-refractivity contribution in [2.45, 2.75) is 6.92 Å². The molecule has 206 valence electrons. The first kappa shape index (κ1) is 26.3. The van der Waals surface area contributed by atoms with Crippen molar-refractivity contribution in [3.8, 4) is 33.8 Å². The van der Waals surface area contributed by atoms with E-state index in [4.69, 9.17) is 8.83 Å². The molecule has 0 aliphatic heterocycles. The van der Waals surface area contributed by atoms with Crippen LogP contribution in [0.5, 0.6) is 0 Å². The molecule has 0 spiro atoms. The topological polar surface area (TPSA) is 114 Å². The molecule has 3 aromatic heterocycles. The molecule has 6 rings (SSSR count). The summed E-state index contributed by atoms with van der Waals surface area (Å²) >= 11 is 0. The first-order valence-electron chi connectivity index (χ1n) is 12.8. The van der Waals surface area contributed by atoms with Gasteiger partial charge < -0.3 is 14.2 Å². The van der Waals surface area contributed by atoms with E-state index in [9.17, 15) is 17.6 Å². The van der Waals surface area contributed by atoms with Crippen molar-refractivity contribution < 1.29 is 26.4 Å². The molecule has 0 aliphatic rings. The molecule has 8 nitrogen and oxygen atoms in total. The predicted octanol–water partition coefficient (Wildman–Crippen LogP) is 6.84. The fraction of sp³-hybridized carbons (Fsp3) is 0.0968. The molecule has 3 aromatic carbocycles. The van der Waals surface area contributed by atoms with Gasteiger partial charge >= 0.3 is 0 Å². The Hall–Kier alpha value is -4.96. The molecule has 2 N–H and O–H groups in total. The first-order valence-corrected chi connectivity index (χ1v) is 14.5. The normalized spacial score (nSPS) is 11.7. The molecule has 0 aliphatic carbocycles. The van der Waals surface area contributed by atoms with Gasteiger partial charge in [0.05, 0.1) is 17.0 Å². The van der Waals surface area contributed by atoms with Crippen molar-refractivity contribution in [2.75, 3.05) is 17.5 Å². The van der Waals surface area contributed by atoms with E-state index >= 15 is 0 Å². The number of benzene rings is 3. The number of halogens is 1. The molecule has 0 radical (unpaired) electrons. The molecule has 41 heavy (non-hydrogen) atoms. The fourth-order valence-electron chi connectivity index (χ4n) is 4.72. The van der Waals surface area contributed by atoms with Crippen LogP contribution in [0.1, 0.15) is 17.3 Å². The second-order valence-electron chi connectivity index (χ2n) is 9.38. The van der Waals surface area contributed by atoms with Gasteiger partial charge in [-0.15, -0.1) is 0 Å². The highest BCUT2D eigenvalue weighted by Crippen LogP contribution is 2.41. The maximum Gasteiger partial charge on any atom is 0.255 e. The van der Waals surface area contributed by atoms with Gasteiger partial charge in [0.15, 0.2) is 0 Å². The summed E-state index contributed by atoms with van der Waals surface area (Å²) in [6, 6.07) is 22.0. The lowest BCUT2D eigenvalue weighted by Crippen LogP contribution is -2.18. The summed E-state index contributed by atoms with van der Waals surface area (Å²) in [6.07, 6.45) is 1.66. The summed E-state index contributed by atoms with van der Waals surface area (Å²) < 4.78 is 53.8. The van der Waals surface area contributed by atoms with E-state index in [2.05, 4.69) is 15.0 Å². The minimum atomic E-state index is -3.67. The zero-order valence-corrected chi connectivity index (χ0v) is 22.9. The zero-order chi connectivity index (χ0) is 28.7. The minimum absolute atomic E-state index is 0.140. The van der Waals surface area contributed by atoms with Crippen LogP contribution in [-0.2, 0) is 10.0 Å². The number of fused-ring (bicyclic) bond motifs is 2. The van der Waals surface area contributed by atoms with Gasteiger partial charge in [-0.05, 0) is 67.1 Å². The number of aromatic nitrogens is 1. The summed E-state index contributed by atoms with van der Waals surface area (Å²) in [6.45, 7) is 1.54. The summed E-state index contributed by atoms with van der Waals surface area (Å²) in [5.41, 5.74) is 3.80. The lowest BCUT2D eigenvalue weighted by atomic mass is 9.97. The number of hydrogen-bond donors (Lipinski definition) is 2. The second-order valence-corrected chi connectivity index (χ2v) is 11.4. The largest absolute Gasteiger partial charge is 0.455 e. The van der Waals surface area contributed by atoms with Crippen LogP contribution >= 0.6 is 0 Å². The highest BCUT2D eigenvalue weighted by Gasteiger charge is 2.24. The minimum Gasteiger partial charge on any atom is -0.455 e. The number of furan rings is 2. The van der Waals surface area contributed by atoms with Crippen LogP contribution in [0.2, 0.25) is 0 Å². The molecule has 6 aromatic rings. The molecule has 0 fully saturated rings. The van der Waals surface area contributed by atoms with Crippen molar-refractivity contribution in [1.82, 2.24) is 10.3 Å². The summed E-state index contributed by atoms with van der Waals surface area (Å²) in [7, 11) is -2.17. The molecule has 0 unspecified atom stereocenters. The number of sulfonamides is 1. The number of pyridine rings is 1. The molecular formula is C31H24FN3O5S. The van der Waals surface area contributed by atoms with Gasteiger partial charge in [0.1, 0.15) is 22.9 Å². The highest BCUT2D eigenvalue weighted by molar-refractivity contribution is 7.92. The van der Waals surface area contributed by atoms with Crippen LogP contribution in [0.25, 0.3) is 55.8 Å². The maximum atomic E-state index is 13.6. The van der Waals surface area contributed by atoms with Crippen molar-refractivity contribution in [3.05, 3.63) is 96.4 Å². The SMILES string of the molecule is CCS(=O)(=O)Nc1cc2oc(-c3ccc(F)cc3)c(C(=O)NC)c2cc1-c1cccc(-c2cc3cccnc3o2)c1. The van der Waals surface area contributed by atoms with Crippen molar-refractivity contribution in [3.63, 3.8) is 0 Å². The number of rotatable bonds is 7. The summed E-state index contributed by atoms with van der Waals surface area (Å²) in [5, 5.41) is 3.97. The third-order valence-electron chi connectivity index (χ3n) is 6.79. The first-order chi connectivity index (χ1) is 19.8. The summed E-state index contributed by atoms with van der Waals surface area (Å²) in [4.78, 5) is 17.4. The van der Waals surface area contributed by atoms with Gasteiger partial charge in [-0.2, -0.15) is 0 Å². The average molecular weight is 570 g/mol. The van der Waals surface area contributed by atoms with Crippen molar-refractivity contribution >= 4 is 43.7 Å². The Morgan fingerprint density at radius 1 is 0.927 bits per heavy atom. The molecular weight excluding hydrogens is 545 g/mol. The Labute approximate surface area is 234 Å². The number of nitrogens with one attached hydrogen (secondary N) is 2. The van der Waals surface area contributed by atoms with Gasteiger partial charge in [0.2, 0.25) is 15.7 Å². The van der Waals surface area contributed by atoms with Gasteiger partial charge in [0.25, 0.3) is 5.91 Å². The fourth-order valence-corrected chi connectivity index (χ4v) is 5.36. The smallest absolute Gasteiger partial charge is 0.255 e. The number of anilines is 1. The van der Waals surface area contributed by atoms with E-state index in [1.54, 1.807) is 25.3 Å². The Balaban J connectivity index is 1.58. The van der Waals surface area contributed by atoms with E-state index in [0.717, 1.165) is 10.9 Å². The Morgan fingerprint density at radius 2 is 1.71 bits per heavy atom. The molecule has 0 bridgehead atoms. The molecule has 0 atom stereocenters. The standard InChI is InChI=1S/C31H24FN3O5S/c1-3-41(37,38)35-25-17-27-24(28(30(36)33-2)29(39-27)18-9-11-22(32)12-10-18)16-23(25)19-6-4-7-20(14-19)26-15-21-8-5-13-34-31(21)40-26/h4-17,35H,3H2,1-2H3,(H,33,36). The van der Waals surface area contributed by atoms with Gasteiger partial charge in [-0.3, -0.25) is 9.52 Å². The van der Waals surface area contributed by atoms with Crippen LogP contribution in [0, 0.1) is 5.82 Å². The number of hydrogen-bond acceptors (Lipinski definition) is 6. The van der Waals surface area contributed by atoms with Crippen LogP contribution in [-0.4, -0.2) is 32.1 Å². The number of carbonyl (C=O) groups excluding carboxylic acids is 1. The van der Waals surface area contributed by atoms with Gasteiger partial charge in [-0.1, -0.05) is 18.2 Å². The van der Waals surface area contributed by atoms with Crippen LogP contribution in [0.4, 0.5) is 10.1 Å². The number of carbonyl (C=O) groups is 1. The quantitative estimate of drug-likeness (QED) is 0.218. The molecule has 10 heteroatoms. The predicted molar refractivity (Wildman–Crippen MR) is 157 cm³/mol. The van der Waals surface area contributed by atoms with Gasteiger partial charge in [-0.25, -0.2) is 17.8 Å². The summed E-state index contributed by atoms with van der Waals surface area (Å²) in [5.74, 6) is -0.127. The second kappa shape index (κ2) is 10.2. The van der Waals surface area contributed by atoms with E-state index in [-0.39, 0.29) is 22.8 Å². The van der Waals surface area contributed by atoms with Crippen LogP contribution in [0.15, 0.2) is 93.9 Å². The van der Waals surface area contributed by atoms with Crippen LogP contribution < -0.4 is 10.0 Å². The third kappa shape index (κ3) is 4.93. The number of amides is 1. The molecule has 3 heterocycles. The maximum absolute atomic E-state index is 13.6. The lowest BCUT2D eigenvalue weighted by molar-refractivity contribution is 0.0964. The number of nitrogens with zero attached hydrogens (tertiary/aromatic N) is 1. The van der Waals surface area contributed by atoms with E-state index in [1.807, 2.05) is 42.5 Å². The Kier molecular flexibility index (Phi) is 6.55. The monoisotopic (exact) mass is 569 g/mol. The average Bonchev–Trinajstić information content (AvgIpc) is 3.58. The van der Waals surface area contributed by atoms with Crippen LogP contribution in [0.3, 0.4) is 0 Å². The lowest BCUT2D eigenvalue weighted by Gasteiger charge is -2.13. The van der Waals surface area contributed by atoms with E-state index < -0.39 is 21.7 Å². The molecule has 1 amide bonds. The van der Waals surface area contributed by atoms with Crippen molar-refractivity contribution in [2.24, 2.45) is 0 Å². The molecule has 0 saturated heterocycles.